The fraction of sp³-hybridized carbons (Fsp3) is 0.0645. The molecule has 192 valence electrons. The van der Waals surface area contributed by atoms with Gasteiger partial charge in [-0.1, -0.05) is 70.0 Å². The van der Waals surface area contributed by atoms with Gasteiger partial charge in [0, 0.05) is 37.9 Å². The molecule has 1 amide bonds. The second kappa shape index (κ2) is 10.2. The lowest BCUT2D eigenvalue weighted by Crippen LogP contribution is -2.27. The number of rotatable bonds is 4. The number of amides is 1. The van der Waals surface area contributed by atoms with Gasteiger partial charge in [0.2, 0.25) is 0 Å². The van der Waals surface area contributed by atoms with Crippen LogP contribution in [0.25, 0.3) is 22.0 Å². The molecule has 1 atom stereocenters. The molecular formula is C31H20BrClFN3O2. The van der Waals surface area contributed by atoms with Crippen molar-refractivity contribution in [1.29, 1.82) is 0 Å². The molecule has 6 rings (SSSR count). The Bertz CT molecular complexity index is 1800. The van der Waals surface area contributed by atoms with E-state index in [2.05, 4.69) is 20.9 Å². The van der Waals surface area contributed by atoms with Gasteiger partial charge in [0.25, 0.3) is 11.5 Å². The van der Waals surface area contributed by atoms with E-state index >= 15 is 0 Å². The number of hydrogen-bond donors (Lipinski definition) is 1. The first-order valence-corrected chi connectivity index (χ1v) is 13.4. The van der Waals surface area contributed by atoms with Crippen molar-refractivity contribution in [2.75, 3.05) is 0 Å². The minimum absolute atomic E-state index is 0.297. The number of halogens is 3. The van der Waals surface area contributed by atoms with Gasteiger partial charge in [-0.05, 0) is 65.7 Å². The molecule has 39 heavy (non-hydrogen) atoms. The molecule has 0 unspecified atom stereocenters. The fourth-order valence-electron chi connectivity index (χ4n) is 4.96. The normalized spacial score (nSPS) is 15.0. The molecule has 4 aromatic carbocycles. The Labute approximate surface area is 236 Å². The second-order valence-electron chi connectivity index (χ2n) is 9.23. The standard InChI is InChI=1S/C31H20BrClFN3O2/c32-21-10-6-18(7-11-21)27-17-26(36-37(27)31(39)20-8-13-23(34)14-9-20)29-28(19-4-2-1-3-5-19)24-16-22(33)12-15-25(24)35-30(29)38/h1-16,27H,17H2,(H,35,38)/t27-/m0/s1. The number of fused-ring (bicyclic) bond motifs is 1. The maximum atomic E-state index is 13.7. The number of H-pyrrole nitrogens is 1. The quantitative estimate of drug-likeness (QED) is 0.229. The van der Waals surface area contributed by atoms with Crippen LogP contribution < -0.4 is 5.56 Å². The van der Waals surface area contributed by atoms with Gasteiger partial charge >= 0.3 is 0 Å². The highest BCUT2D eigenvalue weighted by molar-refractivity contribution is 9.10. The fourth-order valence-corrected chi connectivity index (χ4v) is 5.40. The summed E-state index contributed by atoms with van der Waals surface area (Å²) < 4.78 is 14.5. The minimum Gasteiger partial charge on any atom is -0.321 e. The SMILES string of the molecule is O=C(c1ccc(F)cc1)N1N=C(c2c(-c3ccccc3)c3cc(Cl)ccc3[nH]c2=O)C[C@H]1c1ccc(Br)cc1. The van der Waals surface area contributed by atoms with Gasteiger partial charge in [-0.15, -0.1) is 0 Å². The van der Waals surface area contributed by atoms with Crippen molar-refractivity contribution in [3.63, 3.8) is 0 Å². The first-order valence-electron chi connectivity index (χ1n) is 12.2. The Morgan fingerprint density at radius 1 is 0.949 bits per heavy atom. The van der Waals surface area contributed by atoms with Crippen LogP contribution in [0.4, 0.5) is 4.39 Å². The highest BCUT2D eigenvalue weighted by Gasteiger charge is 2.36. The van der Waals surface area contributed by atoms with E-state index in [9.17, 15) is 14.0 Å². The molecule has 8 heteroatoms. The smallest absolute Gasteiger partial charge is 0.274 e. The van der Waals surface area contributed by atoms with Gasteiger partial charge in [0.15, 0.2) is 0 Å². The molecule has 1 aliphatic rings. The number of hydrazone groups is 1. The summed E-state index contributed by atoms with van der Waals surface area (Å²) in [5.74, 6) is -0.824. The summed E-state index contributed by atoms with van der Waals surface area (Å²) in [5.41, 5.74) is 3.87. The molecule has 0 aliphatic carbocycles. The number of aromatic amines is 1. The number of pyridine rings is 1. The number of carbonyl (C=O) groups is 1. The topological polar surface area (TPSA) is 65.5 Å². The Morgan fingerprint density at radius 2 is 1.67 bits per heavy atom. The first kappa shape index (κ1) is 25.2. The van der Waals surface area contributed by atoms with E-state index in [1.807, 2.05) is 60.7 Å². The molecule has 2 heterocycles. The Kier molecular flexibility index (Phi) is 6.62. The number of nitrogens with zero attached hydrogens (tertiary/aromatic N) is 2. The van der Waals surface area contributed by atoms with E-state index in [4.69, 9.17) is 16.7 Å². The van der Waals surface area contributed by atoms with Crippen LogP contribution >= 0.6 is 27.5 Å². The van der Waals surface area contributed by atoms with E-state index in [1.54, 1.807) is 12.1 Å². The van der Waals surface area contributed by atoms with E-state index in [0.29, 0.717) is 39.4 Å². The average Bonchev–Trinajstić information content (AvgIpc) is 3.38. The van der Waals surface area contributed by atoms with Crippen molar-refractivity contribution in [1.82, 2.24) is 9.99 Å². The van der Waals surface area contributed by atoms with Crippen LogP contribution in [0.2, 0.25) is 5.02 Å². The third-order valence-electron chi connectivity index (χ3n) is 6.79. The molecule has 5 aromatic rings. The summed E-state index contributed by atoms with van der Waals surface area (Å²) in [6.07, 6.45) is 0.309. The maximum Gasteiger partial charge on any atom is 0.274 e. The molecule has 0 bridgehead atoms. The van der Waals surface area contributed by atoms with Gasteiger partial charge < -0.3 is 4.98 Å². The van der Waals surface area contributed by atoms with E-state index < -0.39 is 11.9 Å². The van der Waals surface area contributed by atoms with Crippen LogP contribution in [0.1, 0.15) is 33.9 Å². The van der Waals surface area contributed by atoms with Crippen molar-refractivity contribution >= 4 is 50.1 Å². The molecule has 1 aromatic heterocycles. The van der Waals surface area contributed by atoms with Crippen molar-refractivity contribution in [2.45, 2.75) is 12.5 Å². The number of benzene rings is 4. The number of hydrogen-bond acceptors (Lipinski definition) is 3. The minimum atomic E-state index is -0.469. The predicted molar refractivity (Wildman–Crippen MR) is 156 cm³/mol. The highest BCUT2D eigenvalue weighted by Crippen LogP contribution is 2.38. The number of aromatic nitrogens is 1. The zero-order valence-corrected chi connectivity index (χ0v) is 22.7. The third kappa shape index (κ3) is 4.80. The largest absolute Gasteiger partial charge is 0.321 e. The molecule has 0 saturated heterocycles. The monoisotopic (exact) mass is 599 g/mol. The van der Waals surface area contributed by atoms with Gasteiger partial charge in [0.1, 0.15) is 5.82 Å². The zero-order chi connectivity index (χ0) is 27.1. The van der Waals surface area contributed by atoms with Gasteiger partial charge in [-0.3, -0.25) is 9.59 Å². The summed E-state index contributed by atoms with van der Waals surface area (Å²) in [6, 6.07) is 27.4. The summed E-state index contributed by atoms with van der Waals surface area (Å²) in [4.78, 5) is 30.3. The molecule has 0 saturated carbocycles. The highest BCUT2D eigenvalue weighted by atomic mass is 79.9. The number of carbonyl (C=O) groups excluding carboxylic acids is 1. The third-order valence-corrected chi connectivity index (χ3v) is 7.56. The average molecular weight is 601 g/mol. The molecule has 1 N–H and O–H groups in total. The van der Waals surface area contributed by atoms with Crippen LogP contribution in [-0.4, -0.2) is 21.6 Å². The van der Waals surface area contributed by atoms with Gasteiger partial charge in [0.05, 0.1) is 17.3 Å². The second-order valence-corrected chi connectivity index (χ2v) is 10.6. The lowest BCUT2D eigenvalue weighted by atomic mass is 9.91. The molecular weight excluding hydrogens is 581 g/mol. The lowest BCUT2D eigenvalue weighted by molar-refractivity contribution is 0.0711. The molecule has 5 nitrogen and oxygen atoms in total. The van der Waals surface area contributed by atoms with Crippen LogP contribution in [0.3, 0.4) is 0 Å². The summed E-state index contributed by atoms with van der Waals surface area (Å²) in [7, 11) is 0. The van der Waals surface area contributed by atoms with Crippen molar-refractivity contribution in [3.05, 3.63) is 139 Å². The Morgan fingerprint density at radius 3 is 2.38 bits per heavy atom. The van der Waals surface area contributed by atoms with Crippen LogP contribution in [0.5, 0.6) is 0 Å². The van der Waals surface area contributed by atoms with Crippen LogP contribution in [0, 0.1) is 5.82 Å². The molecule has 1 aliphatic heterocycles. The molecule has 0 spiro atoms. The zero-order valence-electron chi connectivity index (χ0n) is 20.4. The summed E-state index contributed by atoms with van der Waals surface area (Å²) in [5, 5.41) is 7.45. The van der Waals surface area contributed by atoms with Gasteiger partial charge in [-0.2, -0.15) is 5.10 Å². The van der Waals surface area contributed by atoms with E-state index in [-0.39, 0.29) is 11.5 Å². The summed E-state index contributed by atoms with van der Waals surface area (Å²) >= 11 is 9.85. The lowest BCUT2D eigenvalue weighted by Gasteiger charge is -2.22. The van der Waals surface area contributed by atoms with Crippen molar-refractivity contribution in [3.8, 4) is 11.1 Å². The first-order chi connectivity index (χ1) is 18.9. The van der Waals surface area contributed by atoms with Crippen molar-refractivity contribution in [2.24, 2.45) is 5.10 Å². The Hall–Kier alpha value is -4.07. The number of nitrogens with one attached hydrogen (secondary N) is 1. The van der Waals surface area contributed by atoms with Gasteiger partial charge in [-0.25, -0.2) is 9.40 Å². The Balaban J connectivity index is 1.56. The van der Waals surface area contributed by atoms with Crippen LogP contribution in [0.15, 0.2) is 111 Å². The summed E-state index contributed by atoms with van der Waals surface area (Å²) in [6.45, 7) is 0. The molecule has 0 fully saturated rings. The predicted octanol–water partition coefficient (Wildman–Crippen LogP) is 7.74. The van der Waals surface area contributed by atoms with Crippen LogP contribution in [-0.2, 0) is 0 Å². The molecule has 0 radical (unpaired) electrons. The maximum absolute atomic E-state index is 13.7. The van der Waals surface area contributed by atoms with E-state index in [0.717, 1.165) is 21.0 Å². The van der Waals surface area contributed by atoms with E-state index in [1.165, 1.54) is 29.3 Å². The van der Waals surface area contributed by atoms with Crippen molar-refractivity contribution < 1.29 is 9.18 Å².